The lowest BCUT2D eigenvalue weighted by molar-refractivity contribution is -0.139. The number of carboxylic acid groups (broad SMARTS) is 1. The van der Waals surface area contributed by atoms with E-state index in [1.807, 2.05) is 0 Å². The lowest BCUT2D eigenvalue weighted by atomic mass is 10.1. The quantitative estimate of drug-likeness (QED) is 0.487. The van der Waals surface area contributed by atoms with Gasteiger partial charge in [-0.2, -0.15) is 0 Å². The van der Waals surface area contributed by atoms with Gasteiger partial charge in [0.05, 0.1) is 12.8 Å². The highest BCUT2D eigenvalue weighted by atomic mass is 79.9. The van der Waals surface area contributed by atoms with Crippen LogP contribution in [0.1, 0.15) is 5.56 Å². The number of methoxy groups -OCH3 is 1. The zero-order valence-corrected chi connectivity index (χ0v) is 17.1. The van der Waals surface area contributed by atoms with Crippen molar-refractivity contribution < 1.29 is 33.8 Å². The number of halogens is 1. The minimum absolute atomic E-state index is 0.188. The van der Waals surface area contributed by atoms with Crippen LogP contribution in [0.5, 0.6) is 11.5 Å². The number of aliphatic carboxylic acids is 1. The van der Waals surface area contributed by atoms with Crippen LogP contribution in [-0.4, -0.2) is 42.6 Å². The number of hydrogen-bond donors (Lipinski definition) is 2. The maximum atomic E-state index is 12.9. The number of nitrogens with one attached hydrogen (secondary N) is 1. The third-order valence-electron chi connectivity index (χ3n) is 4.04. The number of barbiturate groups is 1. The van der Waals surface area contributed by atoms with E-state index >= 15 is 0 Å². The molecule has 0 aliphatic carbocycles. The van der Waals surface area contributed by atoms with Gasteiger partial charge in [0.25, 0.3) is 11.8 Å². The molecular weight excluding hydrogens is 460 g/mol. The monoisotopic (exact) mass is 474 g/mol. The Hall–Kier alpha value is -3.66. The Morgan fingerprint density at radius 2 is 1.83 bits per heavy atom. The van der Waals surface area contributed by atoms with E-state index in [0.717, 1.165) is 9.37 Å². The molecule has 10 heteroatoms. The van der Waals surface area contributed by atoms with E-state index in [4.69, 9.17) is 14.6 Å². The molecule has 0 aromatic heterocycles. The van der Waals surface area contributed by atoms with E-state index in [-0.39, 0.29) is 17.1 Å². The maximum Gasteiger partial charge on any atom is 0.341 e. The van der Waals surface area contributed by atoms with Crippen molar-refractivity contribution in [3.8, 4) is 11.5 Å². The van der Waals surface area contributed by atoms with Crippen LogP contribution in [0, 0.1) is 0 Å². The highest BCUT2D eigenvalue weighted by molar-refractivity contribution is 9.10. The predicted octanol–water partition coefficient (Wildman–Crippen LogP) is 2.59. The summed E-state index contributed by atoms with van der Waals surface area (Å²) in [5.74, 6) is -2.35. The molecule has 30 heavy (non-hydrogen) atoms. The average Bonchev–Trinajstić information content (AvgIpc) is 2.71. The Kier molecular flexibility index (Phi) is 6.17. The summed E-state index contributed by atoms with van der Waals surface area (Å²) in [6.07, 6.45) is 1.31. The van der Waals surface area contributed by atoms with E-state index in [1.165, 1.54) is 31.4 Å². The van der Waals surface area contributed by atoms with Crippen LogP contribution < -0.4 is 19.7 Å². The summed E-state index contributed by atoms with van der Waals surface area (Å²) < 4.78 is 11.1. The molecule has 154 valence electrons. The predicted molar refractivity (Wildman–Crippen MR) is 109 cm³/mol. The first kappa shape index (κ1) is 21.1. The normalized spacial score (nSPS) is 15.2. The third kappa shape index (κ3) is 4.49. The number of carbonyl (C=O) groups excluding carboxylic acids is 3. The first-order valence-corrected chi connectivity index (χ1v) is 9.29. The molecule has 1 heterocycles. The standard InChI is InChI=1S/C20H15BrN2O7/c1-29-16-9-11(2-7-15(16)30-10-17(24)25)8-14-18(26)22-20(28)23(19(14)27)13-5-3-12(21)4-6-13/h2-9H,10H2,1H3,(H,24,25)(H,22,26,28)/b14-8-. The Labute approximate surface area is 179 Å². The zero-order valence-electron chi connectivity index (χ0n) is 15.5. The number of imide groups is 2. The molecule has 9 nitrogen and oxygen atoms in total. The van der Waals surface area contributed by atoms with Gasteiger partial charge in [0.1, 0.15) is 5.57 Å². The number of urea groups is 1. The fourth-order valence-corrected chi connectivity index (χ4v) is 2.95. The summed E-state index contributed by atoms with van der Waals surface area (Å²) in [6.45, 7) is -0.554. The highest BCUT2D eigenvalue weighted by Gasteiger charge is 2.36. The van der Waals surface area contributed by atoms with Gasteiger partial charge in [-0.25, -0.2) is 14.5 Å². The number of ether oxygens (including phenoxy) is 2. The second-order valence-electron chi connectivity index (χ2n) is 6.03. The van der Waals surface area contributed by atoms with E-state index in [9.17, 15) is 19.2 Å². The summed E-state index contributed by atoms with van der Waals surface area (Å²) in [6, 6.07) is 10.1. The molecule has 0 radical (unpaired) electrons. The minimum atomic E-state index is -1.15. The van der Waals surface area contributed by atoms with E-state index in [2.05, 4.69) is 21.2 Å². The molecule has 1 aliphatic rings. The molecule has 0 atom stereocenters. The molecular formula is C20H15BrN2O7. The molecule has 1 saturated heterocycles. The molecule has 2 aromatic rings. The molecule has 0 saturated carbocycles. The van der Waals surface area contributed by atoms with E-state index in [0.29, 0.717) is 11.3 Å². The highest BCUT2D eigenvalue weighted by Crippen LogP contribution is 2.30. The molecule has 0 unspecified atom stereocenters. The smallest absolute Gasteiger partial charge is 0.341 e. The summed E-state index contributed by atoms with van der Waals surface area (Å²) in [7, 11) is 1.37. The van der Waals surface area contributed by atoms with Crippen molar-refractivity contribution in [2.24, 2.45) is 0 Å². The van der Waals surface area contributed by atoms with Crippen LogP contribution in [0.3, 0.4) is 0 Å². The molecule has 0 spiro atoms. The minimum Gasteiger partial charge on any atom is -0.493 e. The van der Waals surface area contributed by atoms with Crippen LogP contribution in [-0.2, 0) is 14.4 Å². The number of anilines is 1. The van der Waals surface area contributed by atoms with Gasteiger partial charge in [-0.15, -0.1) is 0 Å². The maximum absolute atomic E-state index is 12.9. The number of hydrogen-bond acceptors (Lipinski definition) is 6. The molecule has 0 bridgehead atoms. The van der Waals surface area contributed by atoms with Crippen LogP contribution in [0.25, 0.3) is 6.08 Å². The summed E-state index contributed by atoms with van der Waals surface area (Å²) in [5.41, 5.74) is 0.464. The van der Waals surface area contributed by atoms with Crippen molar-refractivity contribution in [2.45, 2.75) is 0 Å². The molecule has 1 fully saturated rings. The molecule has 3 rings (SSSR count). The Morgan fingerprint density at radius 3 is 2.47 bits per heavy atom. The van der Waals surface area contributed by atoms with Gasteiger partial charge < -0.3 is 14.6 Å². The number of nitrogens with zero attached hydrogens (tertiary/aromatic N) is 1. The fourth-order valence-electron chi connectivity index (χ4n) is 2.68. The first-order chi connectivity index (χ1) is 14.3. The topological polar surface area (TPSA) is 122 Å². The van der Waals surface area contributed by atoms with Crippen LogP contribution >= 0.6 is 15.9 Å². The number of carboxylic acids is 1. The van der Waals surface area contributed by atoms with Gasteiger partial charge in [0, 0.05) is 4.47 Å². The number of benzene rings is 2. The lowest BCUT2D eigenvalue weighted by Gasteiger charge is -2.26. The zero-order chi connectivity index (χ0) is 21.8. The number of amides is 4. The molecule has 4 amide bonds. The average molecular weight is 475 g/mol. The van der Waals surface area contributed by atoms with Crippen molar-refractivity contribution in [3.63, 3.8) is 0 Å². The van der Waals surface area contributed by atoms with Gasteiger partial charge >= 0.3 is 12.0 Å². The van der Waals surface area contributed by atoms with Crippen LogP contribution in [0.15, 0.2) is 52.5 Å². The van der Waals surface area contributed by atoms with E-state index in [1.54, 1.807) is 24.3 Å². The summed E-state index contributed by atoms with van der Waals surface area (Å²) in [5, 5.41) is 10.9. The Morgan fingerprint density at radius 1 is 1.13 bits per heavy atom. The SMILES string of the molecule is COc1cc(/C=C2/C(=O)NC(=O)N(c3ccc(Br)cc3)C2=O)ccc1OCC(=O)O. The molecule has 2 aromatic carbocycles. The first-order valence-electron chi connectivity index (χ1n) is 8.50. The molecule has 1 aliphatic heterocycles. The third-order valence-corrected chi connectivity index (χ3v) is 4.57. The Bertz CT molecular complexity index is 1060. The summed E-state index contributed by atoms with van der Waals surface area (Å²) in [4.78, 5) is 48.9. The van der Waals surface area contributed by atoms with Gasteiger partial charge in [0.2, 0.25) is 0 Å². The van der Waals surface area contributed by atoms with Crippen LogP contribution in [0.4, 0.5) is 10.5 Å². The Balaban J connectivity index is 1.94. The fraction of sp³-hybridized carbons (Fsp3) is 0.100. The van der Waals surface area contributed by atoms with E-state index < -0.39 is 30.4 Å². The second-order valence-corrected chi connectivity index (χ2v) is 6.94. The van der Waals surface area contributed by atoms with Gasteiger partial charge in [0.15, 0.2) is 18.1 Å². The van der Waals surface area contributed by atoms with Gasteiger partial charge in [-0.3, -0.25) is 14.9 Å². The van der Waals surface area contributed by atoms with Gasteiger partial charge in [-0.05, 0) is 48.0 Å². The van der Waals surface area contributed by atoms with Crippen LogP contribution in [0.2, 0.25) is 0 Å². The van der Waals surface area contributed by atoms with Crippen molar-refractivity contribution in [1.29, 1.82) is 0 Å². The van der Waals surface area contributed by atoms with Gasteiger partial charge in [-0.1, -0.05) is 22.0 Å². The lowest BCUT2D eigenvalue weighted by Crippen LogP contribution is -2.54. The largest absolute Gasteiger partial charge is 0.493 e. The molecule has 2 N–H and O–H groups in total. The van der Waals surface area contributed by atoms with Crippen molar-refractivity contribution in [1.82, 2.24) is 5.32 Å². The van der Waals surface area contributed by atoms with Crippen molar-refractivity contribution in [2.75, 3.05) is 18.6 Å². The number of carbonyl (C=O) groups is 4. The van der Waals surface area contributed by atoms with Crippen molar-refractivity contribution >= 4 is 51.5 Å². The second kappa shape index (κ2) is 8.78. The number of rotatable bonds is 6. The van der Waals surface area contributed by atoms with Crippen molar-refractivity contribution in [3.05, 3.63) is 58.1 Å². The summed E-state index contributed by atoms with van der Waals surface area (Å²) >= 11 is 3.28.